The van der Waals surface area contributed by atoms with E-state index in [1.54, 1.807) is 11.8 Å². The highest BCUT2D eigenvalue weighted by Gasteiger charge is 2.06. The lowest BCUT2D eigenvalue weighted by Crippen LogP contribution is -2.29. The lowest BCUT2D eigenvalue weighted by molar-refractivity contribution is 0.0585. The van der Waals surface area contributed by atoms with Crippen LogP contribution in [0.2, 0.25) is 0 Å². The summed E-state index contributed by atoms with van der Waals surface area (Å²) < 4.78 is 0. The first-order valence-electron chi connectivity index (χ1n) is 2.64. The van der Waals surface area contributed by atoms with Crippen LogP contribution in [0, 0.1) is 0 Å². The fourth-order valence-electron chi connectivity index (χ4n) is 0.616. The first-order valence-corrected chi connectivity index (χ1v) is 2.64. The lowest BCUT2D eigenvalue weighted by Gasteiger charge is -2.17. The van der Waals surface area contributed by atoms with Crippen LogP contribution in [0.4, 0.5) is 0 Å². The van der Waals surface area contributed by atoms with Crippen LogP contribution in [-0.4, -0.2) is 22.9 Å². The molecule has 0 aromatic heterocycles. The maximum Gasteiger partial charge on any atom is 0.125 e. The summed E-state index contributed by atoms with van der Waals surface area (Å²) in [6, 6.07) is 0. The predicted molar refractivity (Wildman–Crippen MR) is 30.7 cm³/mol. The van der Waals surface area contributed by atoms with E-state index >= 15 is 0 Å². The molecule has 0 fully saturated rings. The molecule has 46 valence electrons. The fraction of sp³-hybridized carbons (Fsp3) is 0.600. The van der Waals surface area contributed by atoms with Crippen molar-refractivity contribution in [3.05, 3.63) is 12.4 Å². The number of nitrogens with zero attached hydrogens (tertiary/aromatic N) is 1. The van der Waals surface area contributed by atoms with Crippen molar-refractivity contribution < 1.29 is 5.11 Å². The molecule has 0 radical (unpaired) electrons. The fourth-order valence-corrected chi connectivity index (χ4v) is 0.616. The second kappa shape index (κ2) is 2.05. The molecule has 1 heterocycles. The molecule has 1 rings (SSSR count). The van der Waals surface area contributed by atoms with Gasteiger partial charge in [-0.1, -0.05) is 0 Å². The third-order valence-electron chi connectivity index (χ3n) is 1.14. The van der Waals surface area contributed by atoms with Gasteiger partial charge in [-0.05, 0) is 6.92 Å². The average molecular weight is 114 g/mol. The second-order valence-electron chi connectivity index (χ2n) is 1.82. The van der Waals surface area contributed by atoms with E-state index in [2.05, 4.69) is 5.32 Å². The summed E-state index contributed by atoms with van der Waals surface area (Å²) >= 11 is 0. The summed E-state index contributed by atoms with van der Waals surface area (Å²) in [6.07, 6.45) is 3.26. The molecule has 0 spiro atoms. The molecular formula is C5H10N2O. The summed E-state index contributed by atoms with van der Waals surface area (Å²) in [7, 11) is 0. The maximum absolute atomic E-state index is 8.89. The molecule has 3 nitrogen and oxygen atoms in total. The van der Waals surface area contributed by atoms with Crippen molar-refractivity contribution in [2.75, 3.05) is 6.67 Å². The molecule has 0 bridgehead atoms. The molecule has 1 atom stereocenters. The van der Waals surface area contributed by atoms with E-state index in [0.29, 0.717) is 0 Å². The Bertz CT molecular complexity index is 101. The molecule has 1 aliphatic heterocycles. The molecule has 1 aliphatic rings. The van der Waals surface area contributed by atoms with E-state index in [-0.39, 0.29) is 6.23 Å². The van der Waals surface area contributed by atoms with Crippen LogP contribution in [0.25, 0.3) is 0 Å². The van der Waals surface area contributed by atoms with Crippen molar-refractivity contribution in [2.45, 2.75) is 13.2 Å². The van der Waals surface area contributed by atoms with Gasteiger partial charge in [0.15, 0.2) is 0 Å². The zero-order valence-electron chi connectivity index (χ0n) is 4.83. The Hall–Kier alpha value is -0.700. The van der Waals surface area contributed by atoms with E-state index in [1.807, 2.05) is 12.4 Å². The van der Waals surface area contributed by atoms with Crippen molar-refractivity contribution >= 4 is 0 Å². The van der Waals surface area contributed by atoms with Crippen molar-refractivity contribution in [3.8, 4) is 0 Å². The van der Waals surface area contributed by atoms with E-state index in [1.165, 1.54) is 0 Å². The van der Waals surface area contributed by atoms with Crippen molar-refractivity contribution in [2.24, 2.45) is 0 Å². The molecule has 2 N–H and O–H groups in total. The van der Waals surface area contributed by atoms with Gasteiger partial charge < -0.3 is 15.3 Å². The first-order chi connectivity index (χ1) is 3.80. The third-order valence-corrected chi connectivity index (χ3v) is 1.14. The quantitative estimate of drug-likeness (QED) is 0.489. The number of hydrogen-bond acceptors (Lipinski definition) is 3. The smallest absolute Gasteiger partial charge is 0.125 e. The molecule has 0 amide bonds. The van der Waals surface area contributed by atoms with Crippen LogP contribution in [0.15, 0.2) is 12.4 Å². The highest BCUT2D eigenvalue weighted by atomic mass is 16.3. The maximum atomic E-state index is 8.89. The number of rotatable bonds is 1. The summed E-state index contributed by atoms with van der Waals surface area (Å²) in [4.78, 5) is 1.79. The Kier molecular flexibility index (Phi) is 1.39. The molecule has 3 heteroatoms. The van der Waals surface area contributed by atoms with Crippen LogP contribution in [0.5, 0.6) is 0 Å². The monoisotopic (exact) mass is 114 g/mol. The van der Waals surface area contributed by atoms with Crippen LogP contribution < -0.4 is 5.32 Å². The van der Waals surface area contributed by atoms with Gasteiger partial charge >= 0.3 is 0 Å². The second-order valence-corrected chi connectivity index (χ2v) is 1.82. The third kappa shape index (κ3) is 0.924. The van der Waals surface area contributed by atoms with Crippen molar-refractivity contribution in [3.63, 3.8) is 0 Å². The summed E-state index contributed by atoms with van der Waals surface area (Å²) in [5.74, 6) is 0. The normalized spacial score (nSPS) is 21.0. The van der Waals surface area contributed by atoms with Gasteiger partial charge in [0.05, 0.1) is 6.67 Å². The topological polar surface area (TPSA) is 35.5 Å². The van der Waals surface area contributed by atoms with Gasteiger partial charge in [-0.3, -0.25) is 0 Å². The molecule has 0 aromatic rings. The Labute approximate surface area is 48.6 Å². The summed E-state index contributed by atoms with van der Waals surface area (Å²) in [5, 5.41) is 11.8. The lowest BCUT2D eigenvalue weighted by atomic mass is 10.6. The first kappa shape index (κ1) is 5.44. The minimum absolute atomic E-state index is 0.374. The Morgan fingerprint density at radius 1 is 1.88 bits per heavy atom. The highest BCUT2D eigenvalue weighted by Crippen LogP contribution is 1.97. The summed E-state index contributed by atoms with van der Waals surface area (Å²) in [5.41, 5.74) is 0. The Morgan fingerprint density at radius 2 is 2.62 bits per heavy atom. The average Bonchev–Trinajstić information content (AvgIpc) is 2.12. The zero-order chi connectivity index (χ0) is 5.98. The largest absolute Gasteiger partial charge is 0.374 e. The van der Waals surface area contributed by atoms with E-state index in [9.17, 15) is 0 Å². The van der Waals surface area contributed by atoms with Crippen LogP contribution in [0.3, 0.4) is 0 Å². The molecule has 0 saturated carbocycles. The molecule has 0 aliphatic carbocycles. The van der Waals surface area contributed by atoms with Gasteiger partial charge in [0.2, 0.25) is 0 Å². The number of hydrogen-bond donors (Lipinski definition) is 2. The van der Waals surface area contributed by atoms with Crippen LogP contribution in [0.1, 0.15) is 6.92 Å². The molecule has 1 unspecified atom stereocenters. The molecule has 8 heavy (non-hydrogen) atoms. The molecular weight excluding hydrogens is 104 g/mol. The number of aliphatic hydroxyl groups excluding tert-OH is 1. The van der Waals surface area contributed by atoms with Crippen molar-refractivity contribution in [1.29, 1.82) is 0 Å². The van der Waals surface area contributed by atoms with Crippen molar-refractivity contribution in [1.82, 2.24) is 10.2 Å². The standard InChI is InChI=1S/C5H10N2O/c1-5(8)7-3-2-6-4-7/h2-3,5-6,8H,4H2,1H3. The Morgan fingerprint density at radius 3 is 2.88 bits per heavy atom. The van der Waals surface area contributed by atoms with Gasteiger partial charge in [-0.15, -0.1) is 0 Å². The summed E-state index contributed by atoms with van der Waals surface area (Å²) in [6.45, 7) is 2.45. The SMILES string of the molecule is CC(O)N1C=CNC1. The zero-order valence-corrected chi connectivity index (χ0v) is 4.83. The molecule has 0 saturated heterocycles. The number of nitrogens with one attached hydrogen (secondary N) is 1. The number of aliphatic hydroxyl groups is 1. The minimum Gasteiger partial charge on any atom is -0.374 e. The highest BCUT2D eigenvalue weighted by molar-refractivity contribution is 4.87. The predicted octanol–water partition coefficient (Wildman–Crippen LogP) is -0.341. The van der Waals surface area contributed by atoms with Gasteiger partial charge in [0.1, 0.15) is 6.23 Å². The Balaban J connectivity index is 2.36. The van der Waals surface area contributed by atoms with E-state index in [0.717, 1.165) is 6.67 Å². The van der Waals surface area contributed by atoms with Crippen LogP contribution in [-0.2, 0) is 0 Å². The van der Waals surface area contributed by atoms with Gasteiger partial charge in [-0.2, -0.15) is 0 Å². The minimum atomic E-state index is -0.374. The molecule has 0 aromatic carbocycles. The van der Waals surface area contributed by atoms with E-state index in [4.69, 9.17) is 5.11 Å². The van der Waals surface area contributed by atoms with Gasteiger partial charge in [-0.25, -0.2) is 0 Å². The van der Waals surface area contributed by atoms with Crippen LogP contribution >= 0.6 is 0 Å². The van der Waals surface area contributed by atoms with Gasteiger partial charge in [0, 0.05) is 12.4 Å². The van der Waals surface area contributed by atoms with E-state index < -0.39 is 0 Å². The van der Waals surface area contributed by atoms with Gasteiger partial charge in [0.25, 0.3) is 0 Å².